The Morgan fingerprint density at radius 2 is 1.83 bits per heavy atom. The first-order valence-electron chi connectivity index (χ1n) is 7.68. The van der Waals surface area contributed by atoms with Crippen molar-refractivity contribution in [2.75, 3.05) is 26.3 Å². The number of carbonyl (C=O) groups is 1. The van der Waals surface area contributed by atoms with E-state index in [1.54, 1.807) is 17.9 Å². The molecule has 1 amide bonds. The molecule has 23 heavy (non-hydrogen) atoms. The van der Waals surface area contributed by atoms with Crippen LogP contribution >= 0.6 is 0 Å². The topological polar surface area (TPSA) is 84.9 Å². The molecule has 0 saturated carbocycles. The molecule has 1 aromatic rings. The summed E-state index contributed by atoms with van der Waals surface area (Å²) in [5.74, 6) is 0.734. The largest absolute Gasteiger partial charge is 0.486 e. The maximum atomic E-state index is 12.5. The Morgan fingerprint density at radius 1 is 1.17 bits per heavy atom. The van der Waals surface area contributed by atoms with Crippen molar-refractivity contribution in [2.24, 2.45) is 0 Å². The number of nitrogens with one attached hydrogen (secondary N) is 1. The second-order valence-electron chi connectivity index (χ2n) is 5.68. The predicted molar refractivity (Wildman–Crippen MR) is 83.0 cm³/mol. The third kappa shape index (κ3) is 3.42. The zero-order valence-corrected chi connectivity index (χ0v) is 13.8. The van der Waals surface area contributed by atoms with Crippen LogP contribution in [0.25, 0.3) is 0 Å². The number of likely N-dealkylation sites (tertiary alicyclic amines) is 1. The van der Waals surface area contributed by atoms with Gasteiger partial charge in [0.15, 0.2) is 11.5 Å². The van der Waals surface area contributed by atoms with Gasteiger partial charge in [-0.25, -0.2) is 8.42 Å². The Morgan fingerprint density at radius 3 is 2.52 bits per heavy atom. The van der Waals surface area contributed by atoms with Gasteiger partial charge in [-0.2, -0.15) is 4.72 Å². The lowest BCUT2D eigenvalue weighted by molar-refractivity contribution is -0.131. The summed E-state index contributed by atoms with van der Waals surface area (Å²) in [5, 5.41) is 0. The molecule has 1 fully saturated rings. The Balaban J connectivity index is 1.74. The predicted octanol–water partition coefficient (Wildman–Crippen LogP) is 0.747. The van der Waals surface area contributed by atoms with Crippen molar-refractivity contribution in [3.05, 3.63) is 18.2 Å². The van der Waals surface area contributed by atoms with Gasteiger partial charge in [0.05, 0.1) is 10.9 Å². The van der Waals surface area contributed by atoms with Gasteiger partial charge in [0.2, 0.25) is 15.9 Å². The van der Waals surface area contributed by atoms with E-state index in [9.17, 15) is 13.2 Å². The van der Waals surface area contributed by atoms with Crippen LogP contribution in [-0.2, 0) is 14.8 Å². The van der Waals surface area contributed by atoms with Gasteiger partial charge in [0.25, 0.3) is 0 Å². The van der Waals surface area contributed by atoms with E-state index >= 15 is 0 Å². The third-order valence-electron chi connectivity index (χ3n) is 3.94. The number of sulfonamides is 1. The van der Waals surface area contributed by atoms with Crippen LogP contribution in [0.4, 0.5) is 0 Å². The van der Waals surface area contributed by atoms with E-state index in [-0.39, 0.29) is 10.8 Å². The first-order valence-corrected chi connectivity index (χ1v) is 9.16. The molecule has 7 nitrogen and oxygen atoms in total. The first kappa shape index (κ1) is 16.1. The third-order valence-corrected chi connectivity index (χ3v) is 5.48. The van der Waals surface area contributed by atoms with Crippen LogP contribution in [0.3, 0.4) is 0 Å². The molecule has 2 aliphatic heterocycles. The fourth-order valence-electron chi connectivity index (χ4n) is 2.75. The minimum atomic E-state index is -3.80. The number of fused-ring (bicyclic) bond motifs is 1. The molecular formula is C15H20N2O5S. The van der Waals surface area contributed by atoms with Gasteiger partial charge >= 0.3 is 0 Å². The molecule has 0 aliphatic carbocycles. The molecule has 0 radical (unpaired) electrons. The van der Waals surface area contributed by atoms with E-state index in [0.29, 0.717) is 37.8 Å². The molecule has 0 aromatic heterocycles. The van der Waals surface area contributed by atoms with Crippen LogP contribution in [0, 0.1) is 0 Å². The van der Waals surface area contributed by atoms with Crippen LogP contribution in [0.15, 0.2) is 23.1 Å². The summed E-state index contributed by atoms with van der Waals surface area (Å²) in [5.41, 5.74) is 0. The smallest absolute Gasteiger partial charge is 0.241 e. The van der Waals surface area contributed by atoms with Crippen molar-refractivity contribution >= 4 is 15.9 Å². The maximum absolute atomic E-state index is 12.5. The summed E-state index contributed by atoms with van der Waals surface area (Å²) in [4.78, 5) is 14.0. The molecule has 126 valence electrons. The summed E-state index contributed by atoms with van der Waals surface area (Å²) >= 11 is 0. The molecule has 1 atom stereocenters. The van der Waals surface area contributed by atoms with Crippen LogP contribution in [0.2, 0.25) is 0 Å². The monoisotopic (exact) mass is 340 g/mol. The molecule has 0 spiro atoms. The van der Waals surface area contributed by atoms with E-state index in [2.05, 4.69) is 4.72 Å². The zero-order chi connectivity index (χ0) is 16.4. The molecule has 1 aromatic carbocycles. The van der Waals surface area contributed by atoms with E-state index < -0.39 is 16.1 Å². The van der Waals surface area contributed by atoms with Gasteiger partial charge in [0, 0.05) is 19.2 Å². The minimum Gasteiger partial charge on any atom is -0.486 e. The van der Waals surface area contributed by atoms with Crippen LogP contribution in [0.1, 0.15) is 19.8 Å². The molecule has 2 aliphatic rings. The number of hydrogen-bond acceptors (Lipinski definition) is 5. The average Bonchev–Trinajstić information content (AvgIpc) is 3.07. The Kier molecular flexibility index (Phi) is 4.45. The summed E-state index contributed by atoms with van der Waals surface area (Å²) < 4.78 is 38.2. The second-order valence-corrected chi connectivity index (χ2v) is 7.39. The number of benzene rings is 1. The highest BCUT2D eigenvalue weighted by atomic mass is 32.2. The quantitative estimate of drug-likeness (QED) is 0.874. The van der Waals surface area contributed by atoms with E-state index in [0.717, 1.165) is 12.8 Å². The number of amides is 1. The number of rotatable bonds is 4. The van der Waals surface area contributed by atoms with Crippen LogP contribution < -0.4 is 14.2 Å². The SMILES string of the molecule is CC(NS(=O)(=O)c1ccc2c(c1)OCCO2)C(=O)N1CCCC1. The van der Waals surface area contributed by atoms with Gasteiger partial charge in [-0.1, -0.05) is 0 Å². The van der Waals surface area contributed by atoms with Gasteiger partial charge < -0.3 is 14.4 Å². The lowest BCUT2D eigenvalue weighted by Crippen LogP contribution is -2.45. The molecular weight excluding hydrogens is 320 g/mol. The van der Waals surface area contributed by atoms with Crippen LogP contribution in [-0.4, -0.2) is 51.6 Å². The van der Waals surface area contributed by atoms with E-state index in [1.165, 1.54) is 12.1 Å². The van der Waals surface area contributed by atoms with Crippen molar-refractivity contribution in [3.8, 4) is 11.5 Å². The lowest BCUT2D eigenvalue weighted by Gasteiger charge is -2.22. The summed E-state index contributed by atoms with van der Waals surface area (Å²) in [6.07, 6.45) is 1.93. The fraction of sp³-hybridized carbons (Fsp3) is 0.533. The van der Waals surface area contributed by atoms with Crippen molar-refractivity contribution < 1.29 is 22.7 Å². The number of hydrogen-bond donors (Lipinski definition) is 1. The molecule has 3 rings (SSSR count). The van der Waals surface area contributed by atoms with Gasteiger partial charge in [-0.3, -0.25) is 4.79 Å². The molecule has 8 heteroatoms. The van der Waals surface area contributed by atoms with Crippen molar-refractivity contribution in [2.45, 2.75) is 30.7 Å². The van der Waals surface area contributed by atoms with Gasteiger partial charge in [-0.15, -0.1) is 0 Å². The zero-order valence-electron chi connectivity index (χ0n) is 12.9. The Hall–Kier alpha value is -1.80. The Labute approximate surface area is 135 Å². The molecule has 2 heterocycles. The second kappa shape index (κ2) is 6.37. The highest BCUT2D eigenvalue weighted by molar-refractivity contribution is 7.89. The Bertz CT molecular complexity index is 698. The van der Waals surface area contributed by atoms with Crippen molar-refractivity contribution in [1.82, 2.24) is 9.62 Å². The highest BCUT2D eigenvalue weighted by Gasteiger charge is 2.28. The molecule has 0 bridgehead atoms. The van der Waals surface area contributed by atoms with Gasteiger partial charge in [-0.05, 0) is 31.9 Å². The van der Waals surface area contributed by atoms with Crippen molar-refractivity contribution in [1.29, 1.82) is 0 Å². The molecule has 1 unspecified atom stereocenters. The number of ether oxygens (including phenoxy) is 2. The van der Waals surface area contributed by atoms with Crippen molar-refractivity contribution in [3.63, 3.8) is 0 Å². The van der Waals surface area contributed by atoms with Gasteiger partial charge in [0.1, 0.15) is 13.2 Å². The average molecular weight is 340 g/mol. The summed E-state index contributed by atoms with van der Waals surface area (Å²) in [6.45, 7) is 3.77. The van der Waals surface area contributed by atoms with E-state index in [4.69, 9.17) is 9.47 Å². The summed E-state index contributed by atoms with van der Waals surface area (Å²) in [7, 11) is -3.80. The fourth-order valence-corrected chi connectivity index (χ4v) is 3.97. The van der Waals surface area contributed by atoms with Crippen LogP contribution in [0.5, 0.6) is 11.5 Å². The van der Waals surface area contributed by atoms with E-state index in [1.807, 2.05) is 0 Å². The highest BCUT2D eigenvalue weighted by Crippen LogP contribution is 2.32. The normalized spacial score (nSPS) is 18.7. The molecule has 1 saturated heterocycles. The standard InChI is InChI=1S/C15H20N2O5S/c1-11(15(18)17-6-2-3-7-17)16-23(19,20)12-4-5-13-14(10-12)22-9-8-21-13/h4-5,10-11,16H,2-3,6-9H2,1H3. The number of carbonyl (C=O) groups excluding carboxylic acids is 1. The number of nitrogens with zero attached hydrogens (tertiary/aromatic N) is 1. The first-order chi connectivity index (χ1) is 11.0. The lowest BCUT2D eigenvalue weighted by atomic mass is 10.3. The summed E-state index contributed by atoms with van der Waals surface area (Å²) in [6, 6.07) is 3.63. The maximum Gasteiger partial charge on any atom is 0.241 e. The minimum absolute atomic E-state index is 0.0582. The molecule has 1 N–H and O–H groups in total.